The third-order valence-electron chi connectivity index (χ3n) is 4.41. The van der Waals surface area contributed by atoms with E-state index < -0.39 is 0 Å². The minimum Gasteiger partial charge on any atom is -0.336 e. The molecule has 1 saturated heterocycles. The molecule has 0 N–H and O–H groups in total. The molecule has 24 heavy (non-hydrogen) atoms. The van der Waals surface area contributed by atoms with E-state index in [-0.39, 0.29) is 11.9 Å². The maximum absolute atomic E-state index is 12.8. The zero-order valence-electron chi connectivity index (χ0n) is 13.0. The van der Waals surface area contributed by atoms with E-state index in [2.05, 4.69) is 16.2 Å². The third kappa shape index (κ3) is 2.50. The lowest BCUT2D eigenvalue weighted by Gasteiger charge is -2.17. The molecule has 0 bridgehead atoms. The molecule has 4 rings (SSSR count). The number of hydrogen-bond acceptors (Lipinski definition) is 4. The van der Waals surface area contributed by atoms with Crippen molar-refractivity contribution in [1.29, 1.82) is 5.26 Å². The summed E-state index contributed by atoms with van der Waals surface area (Å²) in [7, 11) is 0. The molecule has 1 unspecified atom stereocenters. The number of nitriles is 1. The molecule has 1 amide bonds. The highest BCUT2D eigenvalue weighted by atomic mass is 16.2. The molecule has 118 valence electrons. The fourth-order valence-electron chi connectivity index (χ4n) is 3.13. The maximum Gasteiger partial charge on any atom is 0.253 e. The van der Waals surface area contributed by atoms with Crippen molar-refractivity contribution in [3.8, 4) is 6.07 Å². The lowest BCUT2D eigenvalue weighted by atomic mass is 10.1. The van der Waals surface area contributed by atoms with Crippen LogP contribution in [0.15, 0.2) is 48.9 Å². The molecule has 2 aromatic heterocycles. The molecule has 0 aliphatic carbocycles. The summed E-state index contributed by atoms with van der Waals surface area (Å²) in [5.41, 5.74) is 2.10. The molecule has 0 radical (unpaired) electrons. The molecule has 6 heteroatoms. The molecule has 3 aromatic rings. The summed E-state index contributed by atoms with van der Waals surface area (Å²) in [6.07, 6.45) is 5.88. The number of hydrogen-bond donors (Lipinski definition) is 0. The first-order valence-corrected chi connectivity index (χ1v) is 7.83. The molecule has 1 aromatic carbocycles. The van der Waals surface area contributed by atoms with Gasteiger partial charge in [0.25, 0.3) is 5.91 Å². The van der Waals surface area contributed by atoms with Crippen molar-refractivity contribution in [2.24, 2.45) is 0 Å². The summed E-state index contributed by atoms with van der Waals surface area (Å²) in [6, 6.07) is 11.6. The Balaban J connectivity index is 1.53. The van der Waals surface area contributed by atoms with E-state index in [4.69, 9.17) is 5.26 Å². The average Bonchev–Trinajstić information content (AvgIpc) is 3.29. The maximum atomic E-state index is 12.8. The molecule has 1 atom stereocenters. The first-order valence-electron chi connectivity index (χ1n) is 7.83. The van der Waals surface area contributed by atoms with Gasteiger partial charge < -0.3 is 4.90 Å². The molecule has 0 spiro atoms. The van der Waals surface area contributed by atoms with Crippen LogP contribution in [0.5, 0.6) is 0 Å². The predicted octanol–water partition coefficient (Wildman–Crippen LogP) is 2.39. The number of nitrogens with zero attached hydrogens (tertiary/aromatic N) is 5. The Morgan fingerprint density at radius 2 is 2.25 bits per heavy atom. The minimum atomic E-state index is 0.0240. The van der Waals surface area contributed by atoms with E-state index in [9.17, 15) is 4.79 Å². The van der Waals surface area contributed by atoms with Gasteiger partial charge in [0, 0.05) is 36.4 Å². The van der Waals surface area contributed by atoms with Gasteiger partial charge in [-0.3, -0.25) is 14.5 Å². The fourth-order valence-corrected chi connectivity index (χ4v) is 3.13. The van der Waals surface area contributed by atoms with Crippen LogP contribution in [0.25, 0.3) is 10.9 Å². The Kier molecular flexibility index (Phi) is 3.47. The Labute approximate surface area is 138 Å². The van der Waals surface area contributed by atoms with E-state index in [1.54, 1.807) is 23.3 Å². The monoisotopic (exact) mass is 317 g/mol. The van der Waals surface area contributed by atoms with Crippen LogP contribution in [0.1, 0.15) is 28.4 Å². The van der Waals surface area contributed by atoms with Gasteiger partial charge in [-0.25, -0.2) is 0 Å². The van der Waals surface area contributed by atoms with Gasteiger partial charge in [-0.05, 0) is 30.7 Å². The predicted molar refractivity (Wildman–Crippen MR) is 88.2 cm³/mol. The van der Waals surface area contributed by atoms with Crippen LogP contribution in [-0.2, 0) is 0 Å². The first-order chi connectivity index (χ1) is 11.7. The van der Waals surface area contributed by atoms with Crippen molar-refractivity contribution >= 4 is 16.8 Å². The van der Waals surface area contributed by atoms with Gasteiger partial charge in [0.2, 0.25) is 0 Å². The molecule has 1 aliphatic rings. The highest BCUT2D eigenvalue weighted by Crippen LogP contribution is 2.24. The minimum absolute atomic E-state index is 0.0240. The number of benzene rings is 1. The van der Waals surface area contributed by atoms with Crippen LogP contribution in [0, 0.1) is 11.3 Å². The second kappa shape index (κ2) is 5.78. The molecular weight excluding hydrogens is 302 g/mol. The van der Waals surface area contributed by atoms with Gasteiger partial charge in [-0.15, -0.1) is 0 Å². The van der Waals surface area contributed by atoms with Crippen molar-refractivity contribution in [3.05, 3.63) is 60.0 Å². The number of likely N-dealkylation sites (tertiary alicyclic amines) is 1. The molecule has 1 aliphatic heterocycles. The Morgan fingerprint density at radius 1 is 1.33 bits per heavy atom. The van der Waals surface area contributed by atoms with Gasteiger partial charge >= 0.3 is 0 Å². The van der Waals surface area contributed by atoms with Crippen LogP contribution in [0.4, 0.5) is 0 Å². The standard InChI is InChI=1S/C18H15N5O/c19-9-13-10-21-23(11-13)16-5-7-22(12-16)18(24)15-3-4-17-14(8-15)2-1-6-20-17/h1-4,6,8,10-11,16H,5,7,12H2. The number of carbonyl (C=O) groups excluding carboxylic acids is 1. The van der Waals surface area contributed by atoms with Gasteiger partial charge in [0.1, 0.15) is 6.07 Å². The fraction of sp³-hybridized carbons (Fsp3) is 0.222. The Hall–Kier alpha value is -3.20. The van der Waals surface area contributed by atoms with E-state index in [0.29, 0.717) is 24.2 Å². The van der Waals surface area contributed by atoms with Crippen LogP contribution in [0.3, 0.4) is 0 Å². The van der Waals surface area contributed by atoms with E-state index in [0.717, 1.165) is 17.3 Å². The van der Waals surface area contributed by atoms with Crippen molar-refractivity contribution in [2.45, 2.75) is 12.5 Å². The topological polar surface area (TPSA) is 74.8 Å². The summed E-state index contributed by atoms with van der Waals surface area (Å²) in [4.78, 5) is 18.9. The lowest BCUT2D eigenvalue weighted by Crippen LogP contribution is -2.29. The van der Waals surface area contributed by atoms with Crippen LogP contribution >= 0.6 is 0 Å². The summed E-state index contributed by atoms with van der Waals surface area (Å²) < 4.78 is 1.79. The van der Waals surface area contributed by atoms with E-state index in [1.165, 1.54) is 0 Å². The molecule has 3 heterocycles. The largest absolute Gasteiger partial charge is 0.336 e. The Morgan fingerprint density at radius 3 is 3.08 bits per heavy atom. The van der Waals surface area contributed by atoms with Crippen molar-refractivity contribution in [3.63, 3.8) is 0 Å². The highest BCUT2D eigenvalue weighted by Gasteiger charge is 2.28. The van der Waals surface area contributed by atoms with Crippen molar-refractivity contribution in [2.75, 3.05) is 13.1 Å². The average molecular weight is 317 g/mol. The number of pyridine rings is 1. The zero-order chi connectivity index (χ0) is 16.5. The lowest BCUT2D eigenvalue weighted by molar-refractivity contribution is 0.0787. The summed E-state index contributed by atoms with van der Waals surface area (Å²) >= 11 is 0. The van der Waals surface area contributed by atoms with Crippen molar-refractivity contribution < 1.29 is 4.79 Å². The second-order valence-electron chi connectivity index (χ2n) is 5.93. The van der Waals surface area contributed by atoms with Crippen LogP contribution in [-0.4, -0.2) is 38.7 Å². The van der Waals surface area contributed by atoms with Crippen LogP contribution in [0.2, 0.25) is 0 Å². The van der Waals surface area contributed by atoms with E-state index in [1.807, 2.05) is 35.2 Å². The third-order valence-corrected chi connectivity index (χ3v) is 4.41. The van der Waals surface area contributed by atoms with Crippen LogP contribution < -0.4 is 0 Å². The molecule has 1 fully saturated rings. The number of carbonyl (C=O) groups is 1. The highest BCUT2D eigenvalue weighted by molar-refractivity contribution is 5.98. The van der Waals surface area contributed by atoms with Gasteiger partial charge in [0.05, 0.1) is 23.3 Å². The second-order valence-corrected chi connectivity index (χ2v) is 5.93. The van der Waals surface area contributed by atoms with Gasteiger partial charge in [-0.2, -0.15) is 10.4 Å². The smallest absolute Gasteiger partial charge is 0.253 e. The van der Waals surface area contributed by atoms with Gasteiger partial charge in [-0.1, -0.05) is 6.07 Å². The zero-order valence-corrected chi connectivity index (χ0v) is 13.0. The van der Waals surface area contributed by atoms with Crippen molar-refractivity contribution in [1.82, 2.24) is 19.7 Å². The number of aromatic nitrogens is 3. The number of rotatable bonds is 2. The quantitative estimate of drug-likeness (QED) is 0.727. The van der Waals surface area contributed by atoms with E-state index >= 15 is 0 Å². The first kappa shape index (κ1) is 14.4. The Bertz CT molecular complexity index is 955. The summed E-state index contributed by atoms with van der Waals surface area (Å²) in [5.74, 6) is 0.0240. The summed E-state index contributed by atoms with van der Waals surface area (Å²) in [6.45, 7) is 1.30. The number of fused-ring (bicyclic) bond motifs is 1. The molecular formula is C18H15N5O. The molecule has 6 nitrogen and oxygen atoms in total. The summed E-state index contributed by atoms with van der Waals surface area (Å²) in [5, 5.41) is 14.1. The van der Waals surface area contributed by atoms with Gasteiger partial charge in [0.15, 0.2) is 0 Å². The normalized spacial score (nSPS) is 17.1. The number of amides is 1. The SMILES string of the molecule is N#Cc1cnn(C2CCN(C(=O)c3ccc4ncccc4c3)C2)c1. The molecule has 0 saturated carbocycles.